The predicted octanol–water partition coefficient (Wildman–Crippen LogP) is 3.27. The Labute approximate surface area is 150 Å². The number of benzene rings is 2. The first-order chi connectivity index (χ1) is 12.5. The molecule has 1 atom stereocenters. The maximum absolute atomic E-state index is 12.9. The monoisotopic (exact) mass is 355 g/mol. The molecule has 0 saturated heterocycles. The minimum Gasteiger partial charge on any atom is -0.481 e. The molecule has 3 aromatic rings. The number of ether oxygens (including phenoxy) is 1. The fraction of sp³-hybridized carbons (Fsp3) is 0.211. The smallest absolute Gasteiger partial charge is 0.261 e. The number of nitrogens with one attached hydrogen (secondary N) is 1. The van der Waals surface area contributed by atoms with Gasteiger partial charge in [-0.3, -0.25) is 4.79 Å². The maximum Gasteiger partial charge on any atom is 0.261 e. The lowest BCUT2D eigenvalue weighted by molar-refractivity contribution is -0.127. The number of aromatic nitrogens is 2. The van der Waals surface area contributed by atoms with Gasteiger partial charge >= 0.3 is 0 Å². The van der Waals surface area contributed by atoms with E-state index in [9.17, 15) is 9.18 Å². The first-order valence-electron chi connectivity index (χ1n) is 8.11. The van der Waals surface area contributed by atoms with Gasteiger partial charge in [0.15, 0.2) is 6.10 Å². The third-order valence-corrected chi connectivity index (χ3v) is 3.65. The average Bonchev–Trinajstić information content (AvgIpc) is 3.10. The molecule has 1 amide bonds. The van der Waals surface area contributed by atoms with E-state index in [1.165, 1.54) is 24.3 Å². The van der Waals surface area contributed by atoms with Crippen molar-refractivity contribution in [3.05, 3.63) is 65.8 Å². The van der Waals surface area contributed by atoms with E-state index in [-0.39, 0.29) is 18.3 Å². The second-order valence-electron chi connectivity index (χ2n) is 5.81. The number of hydrogen-bond donors (Lipinski definition) is 1. The third-order valence-electron chi connectivity index (χ3n) is 3.65. The summed E-state index contributed by atoms with van der Waals surface area (Å²) in [6, 6.07) is 13.2. The van der Waals surface area contributed by atoms with Crippen LogP contribution in [0.5, 0.6) is 5.75 Å². The summed E-state index contributed by atoms with van der Waals surface area (Å²) in [5.74, 6) is 0.464. The Balaban J connectivity index is 1.55. The SMILES string of the molecule is Cc1cccc(-c2noc(CNC(=O)[C@@H](C)Oc3ccc(F)cc3)n2)c1. The number of carbonyl (C=O) groups excluding carboxylic acids is 1. The fourth-order valence-corrected chi connectivity index (χ4v) is 2.31. The van der Waals surface area contributed by atoms with E-state index >= 15 is 0 Å². The van der Waals surface area contributed by atoms with Gasteiger partial charge in [-0.25, -0.2) is 4.39 Å². The largest absolute Gasteiger partial charge is 0.481 e. The van der Waals surface area contributed by atoms with Crippen molar-refractivity contribution in [2.45, 2.75) is 26.5 Å². The van der Waals surface area contributed by atoms with Crippen LogP contribution in [-0.4, -0.2) is 22.2 Å². The molecular weight excluding hydrogens is 337 g/mol. The number of carbonyl (C=O) groups is 1. The van der Waals surface area contributed by atoms with Crippen molar-refractivity contribution < 1.29 is 18.4 Å². The molecule has 0 spiro atoms. The predicted molar refractivity (Wildman–Crippen MR) is 92.8 cm³/mol. The first-order valence-corrected chi connectivity index (χ1v) is 8.11. The average molecular weight is 355 g/mol. The van der Waals surface area contributed by atoms with E-state index in [0.717, 1.165) is 11.1 Å². The van der Waals surface area contributed by atoms with Gasteiger partial charge in [-0.1, -0.05) is 28.9 Å². The highest BCUT2D eigenvalue weighted by Crippen LogP contribution is 2.17. The zero-order valence-corrected chi connectivity index (χ0v) is 14.4. The summed E-state index contributed by atoms with van der Waals surface area (Å²) in [5, 5.41) is 6.59. The molecule has 26 heavy (non-hydrogen) atoms. The molecule has 2 aromatic carbocycles. The van der Waals surface area contributed by atoms with Crippen molar-refractivity contribution >= 4 is 5.91 Å². The van der Waals surface area contributed by atoms with Crippen LogP contribution in [0.1, 0.15) is 18.4 Å². The highest BCUT2D eigenvalue weighted by atomic mass is 19.1. The number of halogens is 1. The number of aryl methyl sites for hydroxylation is 1. The van der Waals surface area contributed by atoms with Crippen LogP contribution < -0.4 is 10.1 Å². The van der Waals surface area contributed by atoms with Gasteiger partial charge in [0, 0.05) is 5.56 Å². The Morgan fingerprint density at radius 2 is 2.04 bits per heavy atom. The van der Waals surface area contributed by atoms with Crippen LogP contribution in [0.3, 0.4) is 0 Å². The second kappa shape index (κ2) is 7.77. The van der Waals surface area contributed by atoms with Crippen LogP contribution in [-0.2, 0) is 11.3 Å². The summed E-state index contributed by atoms with van der Waals surface area (Å²) in [7, 11) is 0. The van der Waals surface area contributed by atoms with Gasteiger partial charge in [0.1, 0.15) is 11.6 Å². The van der Waals surface area contributed by atoms with E-state index in [0.29, 0.717) is 17.5 Å². The van der Waals surface area contributed by atoms with E-state index < -0.39 is 6.10 Å². The van der Waals surface area contributed by atoms with Crippen molar-refractivity contribution in [2.75, 3.05) is 0 Å². The molecule has 0 bridgehead atoms. The number of hydrogen-bond acceptors (Lipinski definition) is 5. The van der Waals surface area contributed by atoms with Crippen LogP contribution >= 0.6 is 0 Å². The van der Waals surface area contributed by atoms with E-state index in [1.807, 2.05) is 31.2 Å². The minimum absolute atomic E-state index is 0.0920. The van der Waals surface area contributed by atoms with E-state index in [1.54, 1.807) is 6.92 Å². The molecule has 0 aliphatic rings. The fourth-order valence-electron chi connectivity index (χ4n) is 2.31. The van der Waals surface area contributed by atoms with Crippen molar-refractivity contribution in [1.82, 2.24) is 15.5 Å². The lowest BCUT2D eigenvalue weighted by Crippen LogP contribution is -2.35. The molecule has 3 rings (SSSR count). The van der Waals surface area contributed by atoms with Crippen molar-refractivity contribution in [2.24, 2.45) is 0 Å². The summed E-state index contributed by atoms with van der Waals surface area (Å²) < 4.78 is 23.5. The van der Waals surface area contributed by atoms with Crippen LogP contribution in [0.25, 0.3) is 11.4 Å². The van der Waals surface area contributed by atoms with Crippen LogP contribution in [0.15, 0.2) is 53.1 Å². The quantitative estimate of drug-likeness (QED) is 0.734. The highest BCUT2D eigenvalue weighted by molar-refractivity contribution is 5.80. The molecule has 1 heterocycles. The molecule has 7 heteroatoms. The van der Waals surface area contributed by atoms with Crippen molar-refractivity contribution in [3.8, 4) is 17.1 Å². The van der Waals surface area contributed by atoms with Gasteiger partial charge in [-0.05, 0) is 44.2 Å². The highest BCUT2D eigenvalue weighted by Gasteiger charge is 2.16. The first kappa shape index (κ1) is 17.6. The molecule has 0 fully saturated rings. The van der Waals surface area contributed by atoms with Gasteiger partial charge in [0.25, 0.3) is 5.91 Å². The molecular formula is C19H18FN3O3. The summed E-state index contributed by atoms with van der Waals surface area (Å²) in [4.78, 5) is 16.4. The molecule has 0 unspecified atom stereocenters. The summed E-state index contributed by atoms with van der Waals surface area (Å²) >= 11 is 0. The maximum atomic E-state index is 12.9. The van der Waals surface area contributed by atoms with E-state index in [2.05, 4.69) is 15.5 Å². The second-order valence-corrected chi connectivity index (χ2v) is 5.81. The number of amides is 1. The lowest BCUT2D eigenvalue weighted by Gasteiger charge is -2.13. The number of nitrogens with zero attached hydrogens (tertiary/aromatic N) is 2. The van der Waals surface area contributed by atoms with Crippen molar-refractivity contribution in [3.63, 3.8) is 0 Å². The Hall–Kier alpha value is -3.22. The molecule has 0 radical (unpaired) electrons. The zero-order valence-electron chi connectivity index (χ0n) is 14.4. The molecule has 1 N–H and O–H groups in total. The standard InChI is InChI=1S/C19H18FN3O3/c1-12-4-3-5-14(10-12)18-22-17(26-23-18)11-21-19(24)13(2)25-16-8-6-15(20)7-9-16/h3-10,13H,11H2,1-2H3,(H,21,24)/t13-/m1/s1. The summed E-state index contributed by atoms with van der Waals surface area (Å²) in [5.41, 5.74) is 1.94. The summed E-state index contributed by atoms with van der Waals surface area (Å²) in [6.45, 7) is 3.67. The van der Waals surface area contributed by atoms with Gasteiger partial charge in [0.2, 0.25) is 11.7 Å². The van der Waals surface area contributed by atoms with Gasteiger partial charge in [-0.2, -0.15) is 4.98 Å². The molecule has 6 nitrogen and oxygen atoms in total. The normalized spacial score (nSPS) is 11.8. The van der Waals surface area contributed by atoms with Crippen LogP contribution in [0.4, 0.5) is 4.39 Å². The van der Waals surface area contributed by atoms with Gasteiger partial charge in [-0.15, -0.1) is 0 Å². The summed E-state index contributed by atoms with van der Waals surface area (Å²) in [6.07, 6.45) is -0.750. The Bertz CT molecular complexity index is 893. The van der Waals surface area contributed by atoms with E-state index in [4.69, 9.17) is 9.26 Å². The van der Waals surface area contributed by atoms with Crippen molar-refractivity contribution in [1.29, 1.82) is 0 Å². The Morgan fingerprint density at radius 3 is 2.77 bits per heavy atom. The van der Waals surface area contributed by atoms with Crippen LogP contribution in [0.2, 0.25) is 0 Å². The minimum atomic E-state index is -0.750. The van der Waals surface area contributed by atoms with Gasteiger partial charge < -0.3 is 14.6 Å². The molecule has 0 saturated carbocycles. The molecule has 134 valence electrons. The Morgan fingerprint density at radius 1 is 1.27 bits per heavy atom. The molecule has 0 aliphatic heterocycles. The topological polar surface area (TPSA) is 77.2 Å². The van der Waals surface area contributed by atoms with Crippen LogP contribution in [0, 0.1) is 12.7 Å². The van der Waals surface area contributed by atoms with Gasteiger partial charge in [0.05, 0.1) is 6.54 Å². The molecule has 1 aromatic heterocycles. The zero-order chi connectivity index (χ0) is 18.5. The Kier molecular flexibility index (Phi) is 5.26. The third kappa shape index (κ3) is 4.44. The molecule has 0 aliphatic carbocycles. The number of rotatable bonds is 6. The lowest BCUT2D eigenvalue weighted by atomic mass is 10.1.